The van der Waals surface area contributed by atoms with Gasteiger partial charge in [-0.1, -0.05) is 23.7 Å². The van der Waals surface area contributed by atoms with Crippen LogP contribution in [0.5, 0.6) is 0 Å². The molecule has 2 aliphatic rings. The van der Waals surface area contributed by atoms with E-state index in [2.05, 4.69) is 29.3 Å². The average Bonchev–Trinajstić information content (AvgIpc) is 3.31. The van der Waals surface area contributed by atoms with Crippen LogP contribution >= 0.6 is 11.6 Å². The molecule has 3 nitrogen and oxygen atoms in total. The van der Waals surface area contributed by atoms with E-state index in [-0.39, 0.29) is 5.91 Å². The number of carbonyl (C=O) groups is 1. The molecule has 0 spiro atoms. The van der Waals surface area contributed by atoms with E-state index in [1.807, 2.05) is 12.1 Å². The van der Waals surface area contributed by atoms with Crippen molar-refractivity contribution in [3.63, 3.8) is 0 Å². The number of hydrogen-bond acceptors (Lipinski definition) is 2. The fraction of sp³-hybridized carbons (Fsp3) is 0.435. The van der Waals surface area contributed by atoms with Crippen LogP contribution in [0.15, 0.2) is 48.5 Å². The maximum atomic E-state index is 12.3. The lowest BCUT2D eigenvalue weighted by Gasteiger charge is -2.28. The predicted molar refractivity (Wildman–Crippen MR) is 112 cm³/mol. The Morgan fingerprint density at radius 3 is 2.44 bits per heavy atom. The summed E-state index contributed by atoms with van der Waals surface area (Å²) in [7, 11) is 0. The molecule has 3 atom stereocenters. The monoisotopic (exact) mass is 382 g/mol. The minimum atomic E-state index is -0.108. The number of nitrogens with one attached hydrogen (secondary N) is 1. The van der Waals surface area contributed by atoms with Gasteiger partial charge in [0.2, 0.25) is 0 Å². The summed E-state index contributed by atoms with van der Waals surface area (Å²) < 4.78 is 0. The summed E-state index contributed by atoms with van der Waals surface area (Å²) in [6.45, 7) is 3.65. The Labute approximate surface area is 166 Å². The van der Waals surface area contributed by atoms with Gasteiger partial charge in [-0.05, 0) is 93.5 Å². The van der Waals surface area contributed by atoms with E-state index in [4.69, 9.17) is 11.6 Å². The summed E-state index contributed by atoms with van der Waals surface area (Å²) in [5, 5.41) is 3.60. The molecule has 27 heavy (non-hydrogen) atoms. The highest BCUT2D eigenvalue weighted by molar-refractivity contribution is 6.30. The van der Waals surface area contributed by atoms with Crippen molar-refractivity contribution in [2.45, 2.75) is 57.0 Å². The highest BCUT2D eigenvalue weighted by atomic mass is 35.5. The van der Waals surface area contributed by atoms with Gasteiger partial charge in [0.1, 0.15) is 0 Å². The van der Waals surface area contributed by atoms with Gasteiger partial charge in [0.05, 0.1) is 0 Å². The number of carbonyl (C=O) groups excluding carboxylic acids is 1. The molecule has 0 radical (unpaired) electrons. The SMILES string of the molecule is C[C@H]1CCCN1C1CCC(c2ccc(NC(=O)c3ccc(Cl)cc3)cc2)C1. The molecule has 1 amide bonds. The van der Waals surface area contributed by atoms with Crippen molar-refractivity contribution in [1.82, 2.24) is 4.90 Å². The number of amides is 1. The van der Waals surface area contributed by atoms with Gasteiger partial charge in [0.25, 0.3) is 5.91 Å². The van der Waals surface area contributed by atoms with Crippen LogP contribution in [-0.2, 0) is 0 Å². The molecule has 2 unspecified atom stereocenters. The third kappa shape index (κ3) is 4.20. The topological polar surface area (TPSA) is 32.3 Å². The van der Waals surface area contributed by atoms with E-state index in [1.54, 1.807) is 24.3 Å². The molecule has 4 heteroatoms. The summed E-state index contributed by atoms with van der Waals surface area (Å²) in [4.78, 5) is 15.1. The second kappa shape index (κ2) is 8.04. The van der Waals surface area contributed by atoms with Crippen LogP contribution in [0.1, 0.15) is 60.9 Å². The van der Waals surface area contributed by atoms with Crippen molar-refractivity contribution in [3.8, 4) is 0 Å². The predicted octanol–water partition coefficient (Wildman–Crippen LogP) is 5.71. The maximum Gasteiger partial charge on any atom is 0.255 e. The van der Waals surface area contributed by atoms with Crippen LogP contribution in [0.25, 0.3) is 0 Å². The Morgan fingerprint density at radius 1 is 1.04 bits per heavy atom. The van der Waals surface area contributed by atoms with E-state index < -0.39 is 0 Å². The van der Waals surface area contributed by atoms with Crippen LogP contribution < -0.4 is 5.32 Å². The lowest BCUT2D eigenvalue weighted by molar-refractivity contribution is 0.102. The van der Waals surface area contributed by atoms with Crippen molar-refractivity contribution in [2.24, 2.45) is 0 Å². The average molecular weight is 383 g/mol. The molecule has 142 valence electrons. The molecule has 0 aromatic heterocycles. The first-order valence-corrected chi connectivity index (χ1v) is 10.4. The Morgan fingerprint density at radius 2 is 1.78 bits per heavy atom. The number of halogens is 1. The van der Waals surface area contributed by atoms with Gasteiger partial charge >= 0.3 is 0 Å². The fourth-order valence-corrected chi connectivity index (χ4v) is 4.83. The lowest BCUT2D eigenvalue weighted by Crippen LogP contribution is -2.35. The smallest absolute Gasteiger partial charge is 0.255 e. The molecular formula is C23H27ClN2O. The molecule has 2 aromatic rings. The highest BCUT2D eigenvalue weighted by Crippen LogP contribution is 2.39. The number of hydrogen-bond donors (Lipinski definition) is 1. The Balaban J connectivity index is 1.36. The summed E-state index contributed by atoms with van der Waals surface area (Å²) in [5.41, 5.74) is 2.84. The van der Waals surface area contributed by atoms with Crippen LogP contribution in [-0.4, -0.2) is 29.4 Å². The van der Waals surface area contributed by atoms with Gasteiger partial charge < -0.3 is 5.32 Å². The third-order valence-corrected chi connectivity index (χ3v) is 6.48. The van der Waals surface area contributed by atoms with Crippen molar-refractivity contribution in [2.75, 3.05) is 11.9 Å². The maximum absolute atomic E-state index is 12.3. The van der Waals surface area contributed by atoms with Crippen LogP contribution in [0.2, 0.25) is 5.02 Å². The quantitative estimate of drug-likeness (QED) is 0.734. The van der Waals surface area contributed by atoms with Gasteiger partial charge in [-0.25, -0.2) is 0 Å². The number of nitrogens with zero attached hydrogens (tertiary/aromatic N) is 1. The molecule has 1 heterocycles. The van der Waals surface area contributed by atoms with Crippen molar-refractivity contribution in [3.05, 3.63) is 64.7 Å². The van der Waals surface area contributed by atoms with E-state index >= 15 is 0 Å². The zero-order valence-corrected chi connectivity index (χ0v) is 16.6. The first-order valence-electron chi connectivity index (χ1n) is 10.0. The number of likely N-dealkylation sites (tertiary alicyclic amines) is 1. The normalized spacial score (nSPS) is 25.6. The molecule has 1 N–H and O–H groups in total. The summed E-state index contributed by atoms with van der Waals surface area (Å²) >= 11 is 5.88. The second-order valence-corrected chi connectivity index (χ2v) is 8.41. The molecule has 0 bridgehead atoms. The molecule has 2 fully saturated rings. The first-order chi connectivity index (χ1) is 13.1. The van der Waals surface area contributed by atoms with E-state index in [9.17, 15) is 4.79 Å². The molecule has 1 saturated carbocycles. The second-order valence-electron chi connectivity index (χ2n) is 7.98. The highest BCUT2D eigenvalue weighted by Gasteiger charge is 2.34. The minimum Gasteiger partial charge on any atom is -0.322 e. The zero-order chi connectivity index (χ0) is 18.8. The third-order valence-electron chi connectivity index (χ3n) is 6.22. The van der Waals surface area contributed by atoms with Crippen molar-refractivity contribution in [1.29, 1.82) is 0 Å². The zero-order valence-electron chi connectivity index (χ0n) is 15.8. The number of benzene rings is 2. The molecule has 1 aliphatic carbocycles. The van der Waals surface area contributed by atoms with E-state index in [0.29, 0.717) is 16.5 Å². The number of rotatable bonds is 4. The van der Waals surface area contributed by atoms with Crippen LogP contribution in [0.4, 0.5) is 5.69 Å². The largest absolute Gasteiger partial charge is 0.322 e. The molecule has 2 aromatic carbocycles. The van der Waals surface area contributed by atoms with Gasteiger partial charge in [-0.3, -0.25) is 9.69 Å². The standard InChI is InChI=1S/C23H27ClN2O/c1-16-3-2-14-26(16)22-13-8-19(15-22)17-6-11-21(12-7-17)25-23(27)18-4-9-20(24)10-5-18/h4-7,9-12,16,19,22H,2-3,8,13-15H2,1H3,(H,25,27)/t16-,19?,22?/m0/s1. The Bertz CT molecular complexity index is 787. The molecule has 4 rings (SSSR count). The van der Waals surface area contributed by atoms with Crippen LogP contribution in [0.3, 0.4) is 0 Å². The van der Waals surface area contributed by atoms with Gasteiger partial charge in [-0.2, -0.15) is 0 Å². The summed E-state index contributed by atoms with van der Waals surface area (Å²) in [5.74, 6) is 0.534. The van der Waals surface area contributed by atoms with Crippen LogP contribution in [0, 0.1) is 0 Å². The molecular weight excluding hydrogens is 356 g/mol. The van der Waals surface area contributed by atoms with E-state index in [1.165, 1.54) is 44.2 Å². The summed E-state index contributed by atoms with van der Waals surface area (Å²) in [6.07, 6.45) is 6.54. The Kier molecular flexibility index (Phi) is 5.51. The van der Waals surface area contributed by atoms with Gasteiger partial charge in [-0.15, -0.1) is 0 Å². The summed E-state index contributed by atoms with van der Waals surface area (Å²) in [6, 6.07) is 16.8. The fourth-order valence-electron chi connectivity index (χ4n) is 4.70. The van der Waals surface area contributed by atoms with Gasteiger partial charge in [0.15, 0.2) is 0 Å². The van der Waals surface area contributed by atoms with Crippen molar-refractivity contribution < 1.29 is 4.79 Å². The molecule has 1 aliphatic heterocycles. The molecule has 1 saturated heterocycles. The minimum absolute atomic E-state index is 0.108. The van der Waals surface area contributed by atoms with Gasteiger partial charge in [0, 0.05) is 28.4 Å². The van der Waals surface area contributed by atoms with E-state index in [0.717, 1.165) is 17.8 Å². The Hall–Kier alpha value is -1.84. The van der Waals surface area contributed by atoms with Crippen molar-refractivity contribution >= 4 is 23.2 Å². The first kappa shape index (κ1) is 18.5. The lowest BCUT2D eigenvalue weighted by atomic mass is 9.97. The number of anilines is 1.